The van der Waals surface area contributed by atoms with E-state index in [-0.39, 0.29) is 6.04 Å². The molecule has 0 radical (unpaired) electrons. The van der Waals surface area contributed by atoms with E-state index in [0.717, 1.165) is 18.9 Å². The SMILES string of the molecule is CCC(C#N)N1CCC(C)C1C. The van der Waals surface area contributed by atoms with Crippen LogP contribution in [0.4, 0.5) is 0 Å². The highest BCUT2D eigenvalue weighted by Gasteiger charge is 2.31. The molecule has 0 aromatic heterocycles. The normalized spacial score (nSPS) is 33.2. The molecule has 68 valence electrons. The fourth-order valence-electron chi connectivity index (χ4n) is 1.96. The maximum atomic E-state index is 8.90. The molecule has 0 aromatic rings. The van der Waals surface area contributed by atoms with E-state index in [1.807, 2.05) is 0 Å². The fourth-order valence-corrected chi connectivity index (χ4v) is 1.96. The summed E-state index contributed by atoms with van der Waals surface area (Å²) in [6.07, 6.45) is 2.20. The summed E-state index contributed by atoms with van der Waals surface area (Å²) in [5.41, 5.74) is 0. The predicted octanol–water partition coefficient (Wildman–Crippen LogP) is 2.02. The van der Waals surface area contributed by atoms with Crippen molar-refractivity contribution >= 4 is 0 Å². The lowest BCUT2D eigenvalue weighted by Gasteiger charge is -2.26. The van der Waals surface area contributed by atoms with Gasteiger partial charge in [-0.1, -0.05) is 13.8 Å². The molecule has 3 unspecified atom stereocenters. The third kappa shape index (κ3) is 1.61. The Labute approximate surface area is 75.2 Å². The van der Waals surface area contributed by atoms with Gasteiger partial charge in [0.05, 0.1) is 12.1 Å². The minimum Gasteiger partial charge on any atom is -0.285 e. The molecule has 1 saturated heterocycles. The van der Waals surface area contributed by atoms with E-state index in [1.54, 1.807) is 0 Å². The molecular weight excluding hydrogens is 148 g/mol. The lowest BCUT2D eigenvalue weighted by Crippen LogP contribution is -2.37. The summed E-state index contributed by atoms with van der Waals surface area (Å²) in [6, 6.07) is 3.11. The smallest absolute Gasteiger partial charge is 0.0977 e. The molecule has 1 heterocycles. The Hall–Kier alpha value is -0.550. The lowest BCUT2D eigenvalue weighted by atomic mass is 10.0. The minimum atomic E-state index is 0.143. The summed E-state index contributed by atoms with van der Waals surface area (Å²) >= 11 is 0. The fraction of sp³-hybridized carbons (Fsp3) is 0.900. The van der Waals surface area contributed by atoms with Crippen LogP contribution in [0.25, 0.3) is 0 Å². The summed E-state index contributed by atoms with van der Waals surface area (Å²) < 4.78 is 0. The maximum Gasteiger partial charge on any atom is 0.0977 e. The molecule has 1 aliphatic heterocycles. The third-order valence-electron chi connectivity index (χ3n) is 3.13. The number of nitrogens with zero attached hydrogens (tertiary/aromatic N) is 2. The molecular formula is C10H18N2. The molecule has 2 heteroatoms. The Morgan fingerprint density at radius 1 is 1.58 bits per heavy atom. The summed E-state index contributed by atoms with van der Waals surface area (Å²) in [7, 11) is 0. The van der Waals surface area contributed by atoms with Crippen molar-refractivity contribution in [1.29, 1.82) is 5.26 Å². The first kappa shape index (κ1) is 9.54. The second-order valence-corrected chi connectivity index (χ2v) is 3.80. The van der Waals surface area contributed by atoms with Crippen LogP contribution in [0.3, 0.4) is 0 Å². The molecule has 2 nitrogen and oxygen atoms in total. The summed E-state index contributed by atoms with van der Waals surface area (Å²) in [5, 5.41) is 8.90. The third-order valence-corrected chi connectivity index (χ3v) is 3.13. The van der Waals surface area contributed by atoms with Crippen LogP contribution in [-0.2, 0) is 0 Å². The van der Waals surface area contributed by atoms with Crippen molar-refractivity contribution in [2.24, 2.45) is 5.92 Å². The molecule has 0 aromatic carbocycles. The summed E-state index contributed by atoms with van der Waals surface area (Å²) in [5.74, 6) is 0.757. The average Bonchev–Trinajstić information content (AvgIpc) is 2.38. The largest absolute Gasteiger partial charge is 0.285 e. The zero-order valence-corrected chi connectivity index (χ0v) is 8.25. The molecule has 0 aliphatic carbocycles. The minimum absolute atomic E-state index is 0.143. The van der Waals surface area contributed by atoms with Gasteiger partial charge in [0.25, 0.3) is 0 Å². The van der Waals surface area contributed by atoms with Gasteiger partial charge in [-0.25, -0.2) is 0 Å². The number of hydrogen-bond acceptors (Lipinski definition) is 2. The molecule has 1 aliphatic rings. The molecule has 0 spiro atoms. The van der Waals surface area contributed by atoms with Crippen molar-refractivity contribution in [3.05, 3.63) is 0 Å². The molecule has 0 bridgehead atoms. The van der Waals surface area contributed by atoms with Crippen LogP contribution in [0, 0.1) is 17.2 Å². The zero-order chi connectivity index (χ0) is 9.14. The second kappa shape index (κ2) is 3.91. The zero-order valence-electron chi connectivity index (χ0n) is 8.25. The molecule has 12 heavy (non-hydrogen) atoms. The Kier molecular flexibility index (Phi) is 3.11. The van der Waals surface area contributed by atoms with Crippen LogP contribution in [0.15, 0.2) is 0 Å². The van der Waals surface area contributed by atoms with Gasteiger partial charge in [0.15, 0.2) is 0 Å². The van der Waals surface area contributed by atoms with Gasteiger partial charge in [-0.3, -0.25) is 4.90 Å². The van der Waals surface area contributed by atoms with Crippen molar-refractivity contribution in [2.75, 3.05) is 6.54 Å². The van der Waals surface area contributed by atoms with Crippen LogP contribution in [0.1, 0.15) is 33.6 Å². The molecule has 0 saturated carbocycles. The van der Waals surface area contributed by atoms with Crippen LogP contribution in [-0.4, -0.2) is 23.5 Å². The van der Waals surface area contributed by atoms with E-state index in [0.29, 0.717) is 6.04 Å². The van der Waals surface area contributed by atoms with Gasteiger partial charge in [0, 0.05) is 6.04 Å². The topological polar surface area (TPSA) is 27.0 Å². The molecule has 0 N–H and O–H groups in total. The van der Waals surface area contributed by atoms with E-state index in [9.17, 15) is 0 Å². The van der Waals surface area contributed by atoms with Gasteiger partial charge >= 0.3 is 0 Å². The lowest BCUT2D eigenvalue weighted by molar-refractivity contribution is 0.206. The van der Waals surface area contributed by atoms with Crippen molar-refractivity contribution in [3.63, 3.8) is 0 Å². The first-order valence-corrected chi connectivity index (χ1v) is 4.86. The predicted molar refractivity (Wildman–Crippen MR) is 49.6 cm³/mol. The monoisotopic (exact) mass is 166 g/mol. The molecule has 1 fully saturated rings. The highest BCUT2D eigenvalue weighted by Crippen LogP contribution is 2.25. The highest BCUT2D eigenvalue weighted by atomic mass is 15.2. The molecule has 0 amide bonds. The van der Waals surface area contributed by atoms with Gasteiger partial charge in [0.2, 0.25) is 0 Å². The number of nitriles is 1. The molecule has 3 atom stereocenters. The van der Waals surface area contributed by atoms with Gasteiger partial charge in [-0.15, -0.1) is 0 Å². The van der Waals surface area contributed by atoms with Crippen molar-refractivity contribution in [3.8, 4) is 6.07 Å². The molecule has 1 rings (SSSR count). The maximum absolute atomic E-state index is 8.90. The Bertz CT molecular complexity index is 183. The Morgan fingerprint density at radius 3 is 2.58 bits per heavy atom. The summed E-state index contributed by atoms with van der Waals surface area (Å²) in [4.78, 5) is 2.34. The second-order valence-electron chi connectivity index (χ2n) is 3.80. The van der Waals surface area contributed by atoms with E-state index in [2.05, 4.69) is 31.7 Å². The van der Waals surface area contributed by atoms with E-state index in [1.165, 1.54) is 6.42 Å². The van der Waals surface area contributed by atoms with Gasteiger partial charge in [-0.2, -0.15) is 5.26 Å². The van der Waals surface area contributed by atoms with Crippen molar-refractivity contribution in [1.82, 2.24) is 4.90 Å². The average molecular weight is 166 g/mol. The van der Waals surface area contributed by atoms with Crippen LogP contribution in [0.5, 0.6) is 0 Å². The van der Waals surface area contributed by atoms with E-state index >= 15 is 0 Å². The Balaban J connectivity index is 2.59. The van der Waals surface area contributed by atoms with Crippen molar-refractivity contribution in [2.45, 2.75) is 45.7 Å². The van der Waals surface area contributed by atoms with Crippen LogP contribution < -0.4 is 0 Å². The Morgan fingerprint density at radius 2 is 2.25 bits per heavy atom. The van der Waals surface area contributed by atoms with Gasteiger partial charge < -0.3 is 0 Å². The van der Waals surface area contributed by atoms with Crippen LogP contribution in [0.2, 0.25) is 0 Å². The quantitative estimate of drug-likeness (QED) is 0.627. The van der Waals surface area contributed by atoms with E-state index in [4.69, 9.17) is 5.26 Å². The number of likely N-dealkylation sites (tertiary alicyclic amines) is 1. The first-order valence-electron chi connectivity index (χ1n) is 4.86. The highest BCUT2D eigenvalue weighted by molar-refractivity contribution is 4.96. The van der Waals surface area contributed by atoms with Crippen molar-refractivity contribution < 1.29 is 0 Å². The number of hydrogen-bond donors (Lipinski definition) is 0. The number of rotatable bonds is 2. The first-order chi connectivity index (χ1) is 5.70. The van der Waals surface area contributed by atoms with Gasteiger partial charge in [-0.05, 0) is 32.2 Å². The standard InChI is InChI=1S/C10H18N2/c1-4-10(7-11)12-6-5-8(2)9(12)3/h8-10H,4-6H2,1-3H3. The summed E-state index contributed by atoms with van der Waals surface area (Å²) in [6.45, 7) is 7.70. The van der Waals surface area contributed by atoms with Gasteiger partial charge in [0.1, 0.15) is 0 Å². The van der Waals surface area contributed by atoms with E-state index < -0.39 is 0 Å². The van der Waals surface area contributed by atoms with Crippen LogP contribution >= 0.6 is 0 Å².